The Hall–Kier alpha value is -0.900. The van der Waals surface area contributed by atoms with Gasteiger partial charge in [0.25, 0.3) is 0 Å². The van der Waals surface area contributed by atoms with E-state index in [1.807, 2.05) is 24.3 Å². The molecular formula is C15H24N2O. The molecule has 1 aliphatic heterocycles. The Morgan fingerprint density at radius 3 is 2.72 bits per heavy atom. The topological polar surface area (TPSA) is 49.5 Å². The molecule has 1 aromatic carbocycles. The number of rotatable bonds is 4. The molecule has 2 atom stereocenters. The van der Waals surface area contributed by atoms with E-state index in [2.05, 4.69) is 11.8 Å². The van der Waals surface area contributed by atoms with Crippen LogP contribution in [0.4, 0.5) is 0 Å². The van der Waals surface area contributed by atoms with Crippen LogP contribution < -0.4 is 5.73 Å². The molecular weight excluding hydrogens is 224 g/mol. The van der Waals surface area contributed by atoms with Crippen LogP contribution in [0.3, 0.4) is 0 Å². The summed E-state index contributed by atoms with van der Waals surface area (Å²) in [5, 5.41) is 10.2. The molecule has 0 aliphatic carbocycles. The van der Waals surface area contributed by atoms with Crippen LogP contribution in [-0.2, 0) is 6.54 Å². The maximum absolute atomic E-state index is 10.2. The van der Waals surface area contributed by atoms with Crippen LogP contribution in [0.5, 0.6) is 0 Å². The third-order valence-corrected chi connectivity index (χ3v) is 3.77. The molecule has 1 heterocycles. The largest absolute Gasteiger partial charge is 0.387 e. The summed E-state index contributed by atoms with van der Waals surface area (Å²) in [5.41, 5.74) is 7.67. The lowest BCUT2D eigenvalue weighted by Gasteiger charge is -2.32. The van der Waals surface area contributed by atoms with E-state index in [1.165, 1.54) is 12.8 Å². The summed E-state index contributed by atoms with van der Waals surface area (Å²) < 4.78 is 0. The molecule has 0 spiro atoms. The predicted octanol–water partition coefficient (Wildman–Crippen LogP) is 1.91. The Morgan fingerprint density at radius 1 is 1.39 bits per heavy atom. The quantitative estimate of drug-likeness (QED) is 0.856. The lowest BCUT2D eigenvalue weighted by atomic mass is 9.99. The van der Waals surface area contributed by atoms with Crippen molar-refractivity contribution in [1.82, 2.24) is 4.90 Å². The van der Waals surface area contributed by atoms with Crippen LogP contribution in [0.1, 0.15) is 37.0 Å². The lowest BCUT2D eigenvalue weighted by Crippen LogP contribution is -2.37. The van der Waals surface area contributed by atoms with Gasteiger partial charge in [-0.3, -0.25) is 0 Å². The summed E-state index contributed by atoms with van der Waals surface area (Å²) in [6.07, 6.45) is 2.18. The number of hydrogen-bond acceptors (Lipinski definition) is 3. The van der Waals surface area contributed by atoms with E-state index in [4.69, 9.17) is 5.73 Å². The molecule has 2 rings (SSSR count). The zero-order chi connectivity index (χ0) is 13.0. The molecule has 18 heavy (non-hydrogen) atoms. The standard InChI is InChI=1S/C15H24N2O/c1-12-3-2-8-17(10-12)11-15(18)14-6-4-13(9-16)5-7-14/h4-7,12,15,18H,2-3,8-11,16H2,1H3. The van der Waals surface area contributed by atoms with E-state index < -0.39 is 0 Å². The first kappa shape index (κ1) is 13.5. The molecule has 3 N–H and O–H groups in total. The monoisotopic (exact) mass is 248 g/mol. The van der Waals surface area contributed by atoms with Crippen molar-refractivity contribution in [2.45, 2.75) is 32.4 Å². The Labute approximate surface area is 110 Å². The maximum atomic E-state index is 10.2. The number of nitrogens with zero attached hydrogens (tertiary/aromatic N) is 1. The number of aliphatic hydroxyl groups excluding tert-OH is 1. The van der Waals surface area contributed by atoms with Gasteiger partial charge in [-0.2, -0.15) is 0 Å². The van der Waals surface area contributed by atoms with Gasteiger partial charge < -0.3 is 15.7 Å². The Morgan fingerprint density at radius 2 is 2.11 bits per heavy atom. The highest BCUT2D eigenvalue weighted by molar-refractivity contribution is 5.24. The van der Waals surface area contributed by atoms with Crippen molar-refractivity contribution in [3.63, 3.8) is 0 Å². The molecule has 1 aliphatic rings. The summed E-state index contributed by atoms with van der Waals surface area (Å²) in [5.74, 6) is 0.755. The van der Waals surface area contributed by atoms with Crippen LogP contribution in [0.2, 0.25) is 0 Å². The van der Waals surface area contributed by atoms with Crippen LogP contribution >= 0.6 is 0 Å². The third kappa shape index (κ3) is 3.55. The molecule has 1 aromatic rings. The van der Waals surface area contributed by atoms with Crippen molar-refractivity contribution in [3.8, 4) is 0 Å². The highest BCUT2D eigenvalue weighted by Gasteiger charge is 2.19. The van der Waals surface area contributed by atoms with Crippen molar-refractivity contribution >= 4 is 0 Å². The zero-order valence-corrected chi connectivity index (χ0v) is 11.2. The number of nitrogens with two attached hydrogens (primary N) is 1. The smallest absolute Gasteiger partial charge is 0.0916 e. The van der Waals surface area contributed by atoms with Crippen LogP contribution in [0.15, 0.2) is 24.3 Å². The van der Waals surface area contributed by atoms with E-state index in [9.17, 15) is 5.11 Å². The predicted molar refractivity (Wildman–Crippen MR) is 74.1 cm³/mol. The van der Waals surface area contributed by atoms with Crippen LogP contribution in [0.25, 0.3) is 0 Å². The minimum absolute atomic E-state index is 0.387. The SMILES string of the molecule is CC1CCCN(CC(O)c2ccc(CN)cc2)C1. The second-order valence-electron chi connectivity index (χ2n) is 5.47. The van der Waals surface area contributed by atoms with Gasteiger partial charge >= 0.3 is 0 Å². The molecule has 2 unspecified atom stereocenters. The van der Waals surface area contributed by atoms with Crippen LogP contribution in [-0.4, -0.2) is 29.6 Å². The van der Waals surface area contributed by atoms with Gasteiger partial charge in [0.05, 0.1) is 6.10 Å². The van der Waals surface area contributed by atoms with E-state index in [1.54, 1.807) is 0 Å². The van der Waals surface area contributed by atoms with Gasteiger partial charge in [0.15, 0.2) is 0 Å². The molecule has 0 radical (unpaired) electrons. The number of aliphatic hydroxyl groups is 1. The highest BCUT2D eigenvalue weighted by atomic mass is 16.3. The van der Waals surface area contributed by atoms with Crippen LogP contribution in [0, 0.1) is 5.92 Å². The first-order chi connectivity index (χ1) is 8.69. The fourth-order valence-corrected chi connectivity index (χ4v) is 2.68. The fraction of sp³-hybridized carbons (Fsp3) is 0.600. The molecule has 0 bridgehead atoms. The molecule has 1 fully saturated rings. The molecule has 0 aromatic heterocycles. The van der Waals surface area contributed by atoms with Gasteiger partial charge in [0.1, 0.15) is 0 Å². The van der Waals surface area contributed by atoms with Crippen molar-refractivity contribution in [1.29, 1.82) is 0 Å². The average molecular weight is 248 g/mol. The Kier molecular flexibility index (Phi) is 4.75. The van der Waals surface area contributed by atoms with Crippen molar-refractivity contribution < 1.29 is 5.11 Å². The summed E-state index contributed by atoms with van der Waals surface area (Å²) >= 11 is 0. The van der Waals surface area contributed by atoms with Crippen molar-refractivity contribution in [3.05, 3.63) is 35.4 Å². The Bertz CT molecular complexity index is 363. The number of piperidine rings is 1. The van der Waals surface area contributed by atoms with Gasteiger partial charge in [0, 0.05) is 19.6 Å². The highest BCUT2D eigenvalue weighted by Crippen LogP contribution is 2.20. The van der Waals surface area contributed by atoms with Gasteiger partial charge in [0.2, 0.25) is 0 Å². The average Bonchev–Trinajstić information content (AvgIpc) is 2.39. The van der Waals surface area contributed by atoms with Gasteiger partial charge in [-0.1, -0.05) is 31.2 Å². The van der Waals surface area contributed by atoms with E-state index in [-0.39, 0.29) is 6.10 Å². The number of hydrogen-bond donors (Lipinski definition) is 2. The first-order valence-corrected chi connectivity index (χ1v) is 6.88. The molecule has 0 saturated carbocycles. The molecule has 0 amide bonds. The summed E-state index contributed by atoms with van der Waals surface area (Å²) in [6.45, 7) is 5.81. The van der Waals surface area contributed by atoms with Gasteiger partial charge in [-0.25, -0.2) is 0 Å². The normalized spacial score (nSPS) is 22.9. The van der Waals surface area contributed by atoms with Gasteiger partial charge in [-0.05, 0) is 36.4 Å². The fourth-order valence-electron chi connectivity index (χ4n) is 2.68. The van der Waals surface area contributed by atoms with Crippen molar-refractivity contribution in [2.75, 3.05) is 19.6 Å². The number of likely N-dealkylation sites (tertiary alicyclic amines) is 1. The van der Waals surface area contributed by atoms with Gasteiger partial charge in [-0.15, -0.1) is 0 Å². The summed E-state index contributed by atoms with van der Waals surface area (Å²) in [7, 11) is 0. The van der Waals surface area contributed by atoms with Crippen molar-refractivity contribution in [2.24, 2.45) is 11.7 Å². The van der Waals surface area contributed by atoms with E-state index in [0.29, 0.717) is 6.54 Å². The van der Waals surface area contributed by atoms with E-state index in [0.717, 1.165) is 36.7 Å². The number of β-amino-alcohol motifs (C(OH)–C–C–N with tert-alkyl or cyclic N) is 1. The second-order valence-corrected chi connectivity index (χ2v) is 5.47. The second kappa shape index (κ2) is 6.32. The number of benzene rings is 1. The molecule has 100 valence electrons. The minimum Gasteiger partial charge on any atom is -0.387 e. The molecule has 3 heteroatoms. The minimum atomic E-state index is -0.387. The summed E-state index contributed by atoms with van der Waals surface area (Å²) in [6, 6.07) is 7.97. The summed E-state index contributed by atoms with van der Waals surface area (Å²) in [4.78, 5) is 2.37. The maximum Gasteiger partial charge on any atom is 0.0916 e. The zero-order valence-electron chi connectivity index (χ0n) is 11.2. The first-order valence-electron chi connectivity index (χ1n) is 6.88. The Balaban J connectivity index is 1.91. The third-order valence-electron chi connectivity index (χ3n) is 3.77. The molecule has 3 nitrogen and oxygen atoms in total. The lowest BCUT2D eigenvalue weighted by molar-refractivity contribution is 0.0876. The molecule has 1 saturated heterocycles. The van der Waals surface area contributed by atoms with E-state index >= 15 is 0 Å².